The number of aryl methyl sites for hydroxylation is 2. The molecule has 0 aliphatic rings. The number of hydrogen-bond acceptors (Lipinski definition) is 4. The minimum atomic E-state index is 0.427. The summed E-state index contributed by atoms with van der Waals surface area (Å²) < 4.78 is 7.85. The standard InChI is InChI=1S/C15H14N2O2S/c1-10-5-12(8-18)6-11(2)14(10)19-9-13-7-17-3-4-20-15(17)16-13/h3-8H,9H2,1-2H3. The predicted molar refractivity (Wildman–Crippen MR) is 78.7 cm³/mol. The summed E-state index contributed by atoms with van der Waals surface area (Å²) in [6, 6.07) is 3.67. The molecule has 0 spiro atoms. The Hall–Kier alpha value is -2.14. The van der Waals surface area contributed by atoms with Crippen LogP contribution in [0.4, 0.5) is 0 Å². The van der Waals surface area contributed by atoms with E-state index in [1.807, 2.05) is 48.2 Å². The quantitative estimate of drug-likeness (QED) is 0.690. The van der Waals surface area contributed by atoms with Gasteiger partial charge < -0.3 is 4.74 Å². The molecule has 0 saturated heterocycles. The van der Waals surface area contributed by atoms with E-state index in [4.69, 9.17) is 4.74 Å². The van der Waals surface area contributed by atoms with Gasteiger partial charge in [0.05, 0.1) is 5.69 Å². The van der Waals surface area contributed by atoms with Crippen molar-refractivity contribution in [3.05, 3.63) is 52.3 Å². The van der Waals surface area contributed by atoms with Crippen LogP contribution in [0.25, 0.3) is 4.96 Å². The van der Waals surface area contributed by atoms with Crippen LogP contribution in [0.15, 0.2) is 29.9 Å². The van der Waals surface area contributed by atoms with Gasteiger partial charge in [0.25, 0.3) is 0 Å². The minimum Gasteiger partial charge on any atom is -0.487 e. The van der Waals surface area contributed by atoms with Gasteiger partial charge in [-0.05, 0) is 37.1 Å². The number of aldehydes is 1. The van der Waals surface area contributed by atoms with Gasteiger partial charge in [0.1, 0.15) is 18.6 Å². The van der Waals surface area contributed by atoms with Crippen LogP contribution >= 0.6 is 11.3 Å². The Kier molecular flexibility index (Phi) is 3.28. The lowest BCUT2D eigenvalue weighted by molar-refractivity contribution is 0.112. The second kappa shape index (κ2) is 5.09. The van der Waals surface area contributed by atoms with E-state index in [0.29, 0.717) is 12.2 Å². The fourth-order valence-electron chi connectivity index (χ4n) is 2.27. The highest BCUT2D eigenvalue weighted by atomic mass is 32.1. The second-order valence-electron chi connectivity index (χ2n) is 4.72. The summed E-state index contributed by atoms with van der Waals surface area (Å²) in [7, 11) is 0. The number of rotatable bonds is 4. The average molecular weight is 286 g/mol. The van der Waals surface area contributed by atoms with E-state index in [0.717, 1.165) is 33.8 Å². The number of hydrogen-bond donors (Lipinski definition) is 0. The Labute approximate surface area is 120 Å². The Morgan fingerprint density at radius 3 is 2.75 bits per heavy atom. The predicted octanol–water partition coefficient (Wildman–Crippen LogP) is 3.40. The molecule has 3 aromatic rings. The fraction of sp³-hybridized carbons (Fsp3) is 0.200. The summed E-state index contributed by atoms with van der Waals surface area (Å²) in [4.78, 5) is 16.3. The van der Waals surface area contributed by atoms with Gasteiger partial charge >= 0.3 is 0 Å². The zero-order chi connectivity index (χ0) is 14.1. The molecule has 102 valence electrons. The van der Waals surface area contributed by atoms with Gasteiger partial charge in [-0.15, -0.1) is 11.3 Å². The van der Waals surface area contributed by atoms with Gasteiger partial charge in [0, 0.05) is 23.3 Å². The molecule has 20 heavy (non-hydrogen) atoms. The van der Waals surface area contributed by atoms with E-state index < -0.39 is 0 Å². The smallest absolute Gasteiger partial charge is 0.193 e. The lowest BCUT2D eigenvalue weighted by atomic mass is 10.1. The molecule has 0 bridgehead atoms. The molecule has 0 aliphatic carbocycles. The van der Waals surface area contributed by atoms with Crippen molar-refractivity contribution in [1.82, 2.24) is 9.38 Å². The molecule has 0 unspecified atom stereocenters. The Balaban J connectivity index is 1.81. The molecule has 4 nitrogen and oxygen atoms in total. The molecule has 2 heterocycles. The number of carbonyl (C=O) groups excluding carboxylic acids is 1. The summed E-state index contributed by atoms with van der Waals surface area (Å²) in [5, 5.41) is 2.00. The Bertz CT molecular complexity index is 722. The van der Waals surface area contributed by atoms with Gasteiger partial charge in [-0.3, -0.25) is 9.20 Å². The lowest BCUT2D eigenvalue weighted by Gasteiger charge is -2.11. The summed E-state index contributed by atoms with van der Waals surface area (Å²) in [6.07, 6.45) is 4.80. The van der Waals surface area contributed by atoms with Gasteiger partial charge in [0.2, 0.25) is 0 Å². The van der Waals surface area contributed by atoms with Crippen molar-refractivity contribution in [2.45, 2.75) is 20.5 Å². The van der Waals surface area contributed by atoms with Crippen LogP contribution < -0.4 is 4.74 Å². The Morgan fingerprint density at radius 1 is 1.35 bits per heavy atom. The van der Waals surface area contributed by atoms with E-state index in [1.165, 1.54) is 0 Å². The van der Waals surface area contributed by atoms with Crippen LogP contribution in [0.1, 0.15) is 27.2 Å². The van der Waals surface area contributed by atoms with E-state index in [1.54, 1.807) is 11.3 Å². The molecule has 0 radical (unpaired) electrons. The molecule has 2 aromatic heterocycles. The number of ether oxygens (including phenoxy) is 1. The van der Waals surface area contributed by atoms with Gasteiger partial charge in [-0.2, -0.15) is 0 Å². The number of carbonyl (C=O) groups is 1. The third kappa shape index (κ3) is 2.32. The van der Waals surface area contributed by atoms with Crippen molar-refractivity contribution in [3.8, 4) is 5.75 Å². The first-order chi connectivity index (χ1) is 9.67. The van der Waals surface area contributed by atoms with Gasteiger partial charge in [-0.25, -0.2) is 4.98 Å². The molecule has 3 rings (SSSR count). The second-order valence-corrected chi connectivity index (χ2v) is 5.59. The van der Waals surface area contributed by atoms with Crippen LogP contribution in [0.3, 0.4) is 0 Å². The van der Waals surface area contributed by atoms with Crippen LogP contribution in [0, 0.1) is 13.8 Å². The third-order valence-corrected chi connectivity index (χ3v) is 3.90. The molecule has 0 saturated carbocycles. The van der Waals surface area contributed by atoms with Crippen LogP contribution in [-0.2, 0) is 6.61 Å². The first-order valence-corrected chi connectivity index (χ1v) is 7.15. The van der Waals surface area contributed by atoms with Crippen LogP contribution in [0.5, 0.6) is 5.75 Å². The molecule has 0 atom stereocenters. The fourth-order valence-corrected chi connectivity index (χ4v) is 2.99. The highest BCUT2D eigenvalue weighted by Crippen LogP contribution is 2.25. The van der Waals surface area contributed by atoms with Crippen molar-refractivity contribution in [3.63, 3.8) is 0 Å². The first-order valence-electron chi connectivity index (χ1n) is 6.27. The molecule has 0 aliphatic heterocycles. The van der Waals surface area contributed by atoms with Gasteiger partial charge in [0.15, 0.2) is 4.96 Å². The highest BCUT2D eigenvalue weighted by molar-refractivity contribution is 7.15. The number of nitrogens with zero attached hydrogens (tertiary/aromatic N) is 2. The van der Waals surface area contributed by atoms with E-state index in [-0.39, 0.29) is 0 Å². The summed E-state index contributed by atoms with van der Waals surface area (Å²) in [5.41, 5.74) is 3.51. The lowest BCUT2D eigenvalue weighted by Crippen LogP contribution is -2.00. The number of imidazole rings is 1. The third-order valence-electron chi connectivity index (χ3n) is 3.13. The molecule has 0 amide bonds. The van der Waals surface area contributed by atoms with E-state index in [2.05, 4.69) is 4.98 Å². The monoisotopic (exact) mass is 286 g/mol. The zero-order valence-corrected chi connectivity index (χ0v) is 12.1. The van der Waals surface area contributed by atoms with Gasteiger partial charge in [-0.1, -0.05) is 0 Å². The zero-order valence-electron chi connectivity index (χ0n) is 11.3. The SMILES string of the molecule is Cc1cc(C=O)cc(C)c1OCc1cn2ccsc2n1. The normalized spacial score (nSPS) is 10.9. The van der Waals surface area contributed by atoms with E-state index in [9.17, 15) is 4.79 Å². The highest BCUT2D eigenvalue weighted by Gasteiger charge is 2.08. The average Bonchev–Trinajstić information content (AvgIpc) is 2.98. The molecular formula is C15H14N2O2S. The molecule has 1 aromatic carbocycles. The maximum atomic E-state index is 10.8. The molecule has 0 N–H and O–H groups in total. The van der Waals surface area contributed by atoms with Crippen molar-refractivity contribution < 1.29 is 9.53 Å². The number of thiazole rings is 1. The first kappa shape index (κ1) is 12.9. The summed E-state index contributed by atoms with van der Waals surface area (Å²) in [5.74, 6) is 0.826. The topological polar surface area (TPSA) is 43.6 Å². The minimum absolute atomic E-state index is 0.427. The number of fused-ring (bicyclic) bond motifs is 1. The summed E-state index contributed by atoms with van der Waals surface area (Å²) >= 11 is 1.60. The molecule has 0 fully saturated rings. The van der Waals surface area contributed by atoms with E-state index >= 15 is 0 Å². The number of benzene rings is 1. The van der Waals surface area contributed by atoms with Crippen LogP contribution in [0.2, 0.25) is 0 Å². The van der Waals surface area contributed by atoms with Crippen molar-refractivity contribution >= 4 is 22.6 Å². The Morgan fingerprint density at radius 2 is 2.10 bits per heavy atom. The van der Waals surface area contributed by atoms with Crippen LogP contribution in [-0.4, -0.2) is 15.7 Å². The van der Waals surface area contributed by atoms with Crippen molar-refractivity contribution in [1.29, 1.82) is 0 Å². The van der Waals surface area contributed by atoms with Crippen molar-refractivity contribution in [2.75, 3.05) is 0 Å². The molecular weight excluding hydrogens is 272 g/mol. The largest absolute Gasteiger partial charge is 0.487 e. The maximum absolute atomic E-state index is 10.8. The maximum Gasteiger partial charge on any atom is 0.193 e. The molecule has 5 heteroatoms. The summed E-state index contributed by atoms with van der Waals surface area (Å²) in [6.45, 7) is 4.32. The number of aromatic nitrogens is 2. The van der Waals surface area contributed by atoms with Crippen molar-refractivity contribution in [2.24, 2.45) is 0 Å².